The molecular weight excluding hydrogens is 261 g/mol. The van der Waals surface area contributed by atoms with Gasteiger partial charge in [-0.15, -0.1) is 11.6 Å². The molecule has 0 radical (unpaired) electrons. The third-order valence-corrected chi connectivity index (χ3v) is 2.97. The molecule has 0 aliphatic carbocycles. The second-order valence-electron chi connectivity index (χ2n) is 4.46. The van der Waals surface area contributed by atoms with Crippen LogP contribution in [-0.2, 0) is 6.42 Å². The molecule has 0 aliphatic heterocycles. The normalized spacial score (nSPS) is 12.8. The van der Waals surface area contributed by atoms with Gasteiger partial charge in [-0.3, -0.25) is 10.1 Å². The number of hydrogen-bond donors (Lipinski definition) is 0. The molecule has 0 saturated carbocycles. The molecule has 1 atom stereocenters. The zero-order chi connectivity index (χ0) is 13.0. The van der Waals surface area contributed by atoms with Crippen molar-refractivity contribution in [2.75, 3.05) is 0 Å². The fourth-order valence-electron chi connectivity index (χ4n) is 1.73. The van der Waals surface area contributed by atoms with E-state index in [0.29, 0.717) is 22.9 Å². The van der Waals surface area contributed by atoms with Gasteiger partial charge < -0.3 is 0 Å². The van der Waals surface area contributed by atoms with Crippen molar-refractivity contribution in [3.05, 3.63) is 38.9 Å². The van der Waals surface area contributed by atoms with Crippen LogP contribution in [0.1, 0.15) is 25.8 Å². The number of alkyl halides is 1. The quantitative estimate of drug-likeness (QED) is 0.453. The van der Waals surface area contributed by atoms with E-state index in [1.165, 1.54) is 12.1 Å². The first-order valence-corrected chi connectivity index (χ1v) is 6.28. The predicted molar refractivity (Wildman–Crippen MR) is 70.9 cm³/mol. The van der Waals surface area contributed by atoms with Crippen LogP contribution in [0.2, 0.25) is 5.02 Å². The van der Waals surface area contributed by atoms with Crippen LogP contribution >= 0.6 is 23.2 Å². The molecular formula is C12H15Cl2NO2. The molecule has 17 heavy (non-hydrogen) atoms. The minimum Gasteiger partial charge on any atom is -0.258 e. The molecule has 5 heteroatoms. The van der Waals surface area contributed by atoms with Crippen molar-refractivity contribution in [3.63, 3.8) is 0 Å². The highest BCUT2D eigenvalue weighted by Crippen LogP contribution is 2.26. The molecule has 0 saturated heterocycles. The summed E-state index contributed by atoms with van der Waals surface area (Å²) in [6, 6.07) is 4.57. The largest absolute Gasteiger partial charge is 0.272 e. The molecule has 1 rings (SSSR count). The average Bonchev–Trinajstić information content (AvgIpc) is 2.15. The molecule has 0 heterocycles. The Balaban J connectivity index is 2.88. The van der Waals surface area contributed by atoms with Crippen LogP contribution in [0.5, 0.6) is 0 Å². The summed E-state index contributed by atoms with van der Waals surface area (Å²) in [4.78, 5) is 10.5. The van der Waals surface area contributed by atoms with E-state index in [2.05, 4.69) is 13.8 Å². The lowest BCUT2D eigenvalue weighted by atomic mass is 10.0. The summed E-state index contributed by atoms with van der Waals surface area (Å²) in [5, 5.41) is 11.3. The Hall–Kier alpha value is -0.800. The Bertz CT molecular complexity index is 407. The average molecular weight is 276 g/mol. The molecule has 1 aromatic carbocycles. The zero-order valence-corrected chi connectivity index (χ0v) is 11.3. The van der Waals surface area contributed by atoms with Gasteiger partial charge in [-0.1, -0.05) is 25.4 Å². The van der Waals surface area contributed by atoms with E-state index in [-0.39, 0.29) is 11.1 Å². The summed E-state index contributed by atoms with van der Waals surface area (Å²) >= 11 is 12.0. The van der Waals surface area contributed by atoms with E-state index in [1.54, 1.807) is 6.07 Å². The highest BCUT2D eigenvalue weighted by Gasteiger charge is 2.17. The lowest BCUT2D eigenvalue weighted by Crippen LogP contribution is -2.08. The Morgan fingerprint density at radius 1 is 1.41 bits per heavy atom. The number of nitro groups is 1. The lowest BCUT2D eigenvalue weighted by molar-refractivity contribution is -0.385. The summed E-state index contributed by atoms with van der Waals surface area (Å²) in [6.45, 7) is 4.14. The highest BCUT2D eigenvalue weighted by atomic mass is 35.5. The predicted octanol–water partition coefficient (Wildman–Crippen LogP) is 4.44. The van der Waals surface area contributed by atoms with E-state index in [9.17, 15) is 10.1 Å². The third kappa shape index (κ3) is 4.52. The van der Waals surface area contributed by atoms with Gasteiger partial charge in [-0.05, 0) is 30.9 Å². The summed E-state index contributed by atoms with van der Waals surface area (Å²) in [7, 11) is 0. The van der Waals surface area contributed by atoms with Crippen molar-refractivity contribution >= 4 is 28.9 Å². The second-order valence-corrected chi connectivity index (χ2v) is 5.51. The molecule has 3 nitrogen and oxygen atoms in total. The molecule has 1 unspecified atom stereocenters. The maximum Gasteiger partial charge on any atom is 0.272 e. The first kappa shape index (κ1) is 14.3. The topological polar surface area (TPSA) is 43.1 Å². The van der Waals surface area contributed by atoms with Crippen LogP contribution in [0.3, 0.4) is 0 Å². The van der Waals surface area contributed by atoms with Gasteiger partial charge in [-0.2, -0.15) is 0 Å². The van der Waals surface area contributed by atoms with Gasteiger partial charge in [0.25, 0.3) is 5.69 Å². The highest BCUT2D eigenvalue weighted by molar-refractivity contribution is 6.30. The van der Waals surface area contributed by atoms with Crippen LogP contribution in [-0.4, -0.2) is 10.3 Å². The van der Waals surface area contributed by atoms with Crippen molar-refractivity contribution in [2.45, 2.75) is 32.1 Å². The van der Waals surface area contributed by atoms with E-state index in [0.717, 1.165) is 6.42 Å². The fourth-order valence-corrected chi connectivity index (χ4v) is 2.45. The Morgan fingerprint density at radius 3 is 2.59 bits per heavy atom. The molecule has 1 aromatic rings. The molecule has 0 fully saturated rings. The Kier molecular flexibility index (Phi) is 5.22. The Labute approximate surface area is 111 Å². The van der Waals surface area contributed by atoms with Crippen LogP contribution in [0.15, 0.2) is 18.2 Å². The van der Waals surface area contributed by atoms with Gasteiger partial charge in [0, 0.05) is 22.0 Å². The van der Waals surface area contributed by atoms with Gasteiger partial charge in [0.05, 0.1) is 4.92 Å². The minimum atomic E-state index is -0.398. The summed E-state index contributed by atoms with van der Waals surface area (Å²) in [6.07, 6.45) is 1.29. The van der Waals surface area contributed by atoms with Crippen LogP contribution in [0.25, 0.3) is 0 Å². The van der Waals surface area contributed by atoms with Crippen LogP contribution < -0.4 is 0 Å². The third-order valence-electron chi connectivity index (χ3n) is 2.41. The maximum absolute atomic E-state index is 10.9. The second kappa shape index (κ2) is 6.22. The molecule has 0 N–H and O–H groups in total. The number of nitrogens with zero attached hydrogens (tertiary/aromatic N) is 1. The Morgan fingerprint density at radius 2 is 2.06 bits per heavy atom. The molecule has 0 bridgehead atoms. The molecule has 0 spiro atoms. The van der Waals surface area contributed by atoms with E-state index in [4.69, 9.17) is 23.2 Å². The van der Waals surface area contributed by atoms with E-state index >= 15 is 0 Å². The van der Waals surface area contributed by atoms with Crippen molar-refractivity contribution in [1.29, 1.82) is 0 Å². The SMILES string of the molecule is CC(C)CC(Cl)Cc1cc(Cl)ccc1[N+](=O)[O-]. The van der Waals surface area contributed by atoms with Crippen molar-refractivity contribution in [2.24, 2.45) is 5.92 Å². The van der Waals surface area contributed by atoms with Gasteiger partial charge in [0.2, 0.25) is 0 Å². The molecule has 0 amide bonds. The number of halogens is 2. The summed E-state index contributed by atoms with van der Waals surface area (Å²) < 4.78 is 0. The monoisotopic (exact) mass is 275 g/mol. The van der Waals surface area contributed by atoms with Crippen LogP contribution in [0, 0.1) is 16.0 Å². The van der Waals surface area contributed by atoms with Crippen LogP contribution in [0.4, 0.5) is 5.69 Å². The van der Waals surface area contributed by atoms with E-state index < -0.39 is 4.92 Å². The molecule has 0 aliphatic rings. The first-order chi connectivity index (χ1) is 7.90. The van der Waals surface area contributed by atoms with Crippen molar-refractivity contribution < 1.29 is 4.92 Å². The zero-order valence-electron chi connectivity index (χ0n) is 9.82. The summed E-state index contributed by atoms with van der Waals surface area (Å²) in [5.41, 5.74) is 0.687. The van der Waals surface area contributed by atoms with Crippen molar-refractivity contribution in [3.8, 4) is 0 Å². The first-order valence-electron chi connectivity index (χ1n) is 5.47. The number of rotatable bonds is 5. The lowest BCUT2D eigenvalue weighted by Gasteiger charge is -2.12. The molecule has 94 valence electrons. The summed E-state index contributed by atoms with van der Waals surface area (Å²) in [5.74, 6) is 0.468. The number of nitro benzene ring substituents is 1. The smallest absolute Gasteiger partial charge is 0.258 e. The van der Waals surface area contributed by atoms with Crippen molar-refractivity contribution in [1.82, 2.24) is 0 Å². The standard InChI is InChI=1S/C12H15Cl2NO2/c1-8(2)5-11(14)7-9-6-10(13)3-4-12(9)15(16)17/h3-4,6,8,11H,5,7H2,1-2H3. The number of hydrogen-bond acceptors (Lipinski definition) is 2. The fraction of sp³-hybridized carbons (Fsp3) is 0.500. The maximum atomic E-state index is 10.9. The number of benzene rings is 1. The van der Waals surface area contributed by atoms with Gasteiger partial charge in [0.1, 0.15) is 0 Å². The van der Waals surface area contributed by atoms with E-state index in [1.807, 2.05) is 0 Å². The molecule has 0 aromatic heterocycles. The van der Waals surface area contributed by atoms with Gasteiger partial charge in [0.15, 0.2) is 0 Å². The van der Waals surface area contributed by atoms with Gasteiger partial charge >= 0.3 is 0 Å². The van der Waals surface area contributed by atoms with Gasteiger partial charge in [-0.25, -0.2) is 0 Å². The minimum absolute atomic E-state index is 0.0869.